The number of benzene rings is 1. The Morgan fingerprint density at radius 1 is 1.38 bits per heavy atom. The van der Waals surface area contributed by atoms with Gasteiger partial charge in [0.15, 0.2) is 5.96 Å². The van der Waals surface area contributed by atoms with Gasteiger partial charge in [-0.1, -0.05) is 32.3 Å². The third-order valence-electron chi connectivity index (χ3n) is 2.94. The van der Waals surface area contributed by atoms with Crippen LogP contribution < -0.4 is 11.1 Å². The lowest BCUT2D eigenvalue weighted by molar-refractivity contribution is 0.609. The second-order valence-electron chi connectivity index (χ2n) is 4.61. The van der Waals surface area contributed by atoms with Crippen LogP contribution in [-0.2, 0) is 6.54 Å². The van der Waals surface area contributed by atoms with E-state index < -0.39 is 5.82 Å². The average Bonchev–Trinajstić information content (AvgIpc) is 2.45. The Hall–Kier alpha value is -1.36. The number of unbranched alkanes of at least 4 members (excludes halogenated alkanes) is 3. The Balaban J connectivity index is 0.00000400. The first-order chi connectivity index (χ1) is 9.67. The highest BCUT2D eigenvalue weighted by Gasteiger charge is 2.03. The second-order valence-corrected chi connectivity index (χ2v) is 4.61. The maximum absolute atomic E-state index is 13.6. The van der Waals surface area contributed by atoms with E-state index >= 15 is 0 Å². The smallest absolute Gasteiger partial charge is 0.188 e. The molecule has 0 atom stereocenters. The van der Waals surface area contributed by atoms with Crippen LogP contribution in [0.4, 0.5) is 4.39 Å². The molecule has 0 saturated carbocycles. The molecule has 0 unspecified atom stereocenters. The molecule has 4 nitrogen and oxygen atoms in total. The number of aliphatic imine (C=N–C) groups is 1. The normalized spacial score (nSPS) is 10.6. The van der Waals surface area contributed by atoms with E-state index in [9.17, 15) is 4.39 Å². The number of hydrogen-bond donors (Lipinski definition) is 2. The molecule has 0 fully saturated rings. The standard InChI is InChI=1S/C15H21FN4.HI/c1-2-3-4-5-8-19-15(18)20-11-13-7-6-12(10-17)9-14(13)16;/h6-7,9H,2-5,8,11H2,1H3,(H3,18,19,20);1H. The maximum atomic E-state index is 13.6. The minimum atomic E-state index is -0.427. The molecular weight excluding hydrogens is 382 g/mol. The fourth-order valence-electron chi connectivity index (χ4n) is 1.74. The summed E-state index contributed by atoms with van der Waals surface area (Å²) in [6.45, 7) is 3.12. The molecule has 1 rings (SSSR count). The van der Waals surface area contributed by atoms with Crippen molar-refractivity contribution in [2.75, 3.05) is 6.54 Å². The van der Waals surface area contributed by atoms with Gasteiger partial charge in [0.05, 0.1) is 18.2 Å². The predicted molar refractivity (Wildman–Crippen MR) is 94.0 cm³/mol. The molecule has 21 heavy (non-hydrogen) atoms. The summed E-state index contributed by atoms with van der Waals surface area (Å²) in [5.41, 5.74) is 6.44. The fraction of sp³-hybridized carbons (Fsp3) is 0.467. The molecule has 0 bridgehead atoms. The number of nitrogens with one attached hydrogen (secondary N) is 1. The van der Waals surface area contributed by atoms with Gasteiger partial charge in [-0.15, -0.1) is 24.0 Å². The van der Waals surface area contributed by atoms with Crippen molar-refractivity contribution < 1.29 is 4.39 Å². The highest BCUT2D eigenvalue weighted by atomic mass is 127. The van der Waals surface area contributed by atoms with Crippen LogP contribution in [0.15, 0.2) is 23.2 Å². The lowest BCUT2D eigenvalue weighted by Gasteiger charge is -2.05. The van der Waals surface area contributed by atoms with Gasteiger partial charge >= 0.3 is 0 Å². The number of nitrogens with two attached hydrogens (primary N) is 1. The van der Waals surface area contributed by atoms with Crippen molar-refractivity contribution in [1.82, 2.24) is 5.32 Å². The molecule has 116 valence electrons. The molecule has 0 spiro atoms. The summed E-state index contributed by atoms with van der Waals surface area (Å²) >= 11 is 0. The number of halogens is 2. The van der Waals surface area contributed by atoms with Crippen molar-refractivity contribution in [2.24, 2.45) is 10.7 Å². The molecule has 6 heteroatoms. The Morgan fingerprint density at radius 2 is 2.14 bits per heavy atom. The number of hydrogen-bond acceptors (Lipinski definition) is 2. The van der Waals surface area contributed by atoms with E-state index in [4.69, 9.17) is 11.0 Å². The van der Waals surface area contributed by atoms with E-state index in [2.05, 4.69) is 17.2 Å². The van der Waals surface area contributed by atoms with Gasteiger partial charge in [-0.3, -0.25) is 0 Å². The number of guanidine groups is 1. The van der Waals surface area contributed by atoms with Crippen molar-refractivity contribution >= 4 is 29.9 Å². The maximum Gasteiger partial charge on any atom is 0.188 e. The van der Waals surface area contributed by atoms with E-state index in [-0.39, 0.29) is 30.5 Å². The molecule has 0 aliphatic carbocycles. The molecule has 1 aromatic rings. The zero-order valence-corrected chi connectivity index (χ0v) is 14.6. The van der Waals surface area contributed by atoms with Gasteiger partial charge in [-0.25, -0.2) is 9.38 Å². The monoisotopic (exact) mass is 404 g/mol. The average molecular weight is 404 g/mol. The quantitative estimate of drug-likeness (QED) is 0.317. The lowest BCUT2D eigenvalue weighted by Crippen LogP contribution is -2.32. The Morgan fingerprint density at radius 3 is 2.76 bits per heavy atom. The van der Waals surface area contributed by atoms with Crippen LogP contribution in [0.5, 0.6) is 0 Å². The summed E-state index contributed by atoms with van der Waals surface area (Å²) < 4.78 is 13.6. The third-order valence-corrected chi connectivity index (χ3v) is 2.94. The Labute approximate surface area is 142 Å². The predicted octanol–water partition coefficient (Wildman–Crippen LogP) is 3.30. The highest BCUT2D eigenvalue weighted by molar-refractivity contribution is 14.0. The van der Waals surface area contributed by atoms with Gasteiger partial charge < -0.3 is 11.1 Å². The molecule has 0 heterocycles. The molecule has 0 aliphatic rings. The van der Waals surface area contributed by atoms with Crippen LogP contribution in [0.1, 0.15) is 43.7 Å². The summed E-state index contributed by atoms with van der Waals surface area (Å²) in [5.74, 6) is -0.103. The number of nitriles is 1. The summed E-state index contributed by atoms with van der Waals surface area (Å²) in [7, 11) is 0. The van der Waals surface area contributed by atoms with Gasteiger partial charge in [0.25, 0.3) is 0 Å². The number of rotatable bonds is 7. The van der Waals surface area contributed by atoms with Crippen LogP contribution >= 0.6 is 24.0 Å². The van der Waals surface area contributed by atoms with E-state index in [1.54, 1.807) is 12.1 Å². The lowest BCUT2D eigenvalue weighted by atomic mass is 10.1. The minimum absolute atomic E-state index is 0. The van der Waals surface area contributed by atoms with Gasteiger partial charge in [0.1, 0.15) is 5.82 Å². The first-order valence-corrected chi connectivity index (χ1v) is 6.89. The molecule has 0 saturated heterocycles. The van der Waals surface area contributed by atoms with E-state index in [0.717, 1.165) is 13.0 Å². The number of nitrogens with zero attached hydrogens (tertiary/aromatic N) is 2. The molecular formula is C15H22FIN4. The van der Waals surface area contributed by atoms with Gasteiger partial charge in [0.2, 0.25) is 0 Å². The molecule has 0 aromatic heterocycles. The van der Waals surface area contributed by atoms with Crippen molar-refractivity contribution in [1.29, 1.82) is 5.26 Å². The first kappa shape index (κ1) is 19.6. The fourth-order valence-corrected chi connectivity index (χ4v) is 1.74. The third kappa shape index (κ3) is 7.85. The van der Waals surface area contributed by atoms with E-state index in [1.807, 2.05) is 6.07 Å². The first-order valence-electron chi connectivity index (χ1n) is 6.89. The largest absolute Gasteiger partial charge is 0.370 e. The van der Waals surface area contributed by atoms with Crippen molar-refractivity contribution in [3.05, 3.63) is 35.1 Å². The van der Waals surface area contributed by atoms with Gasteiger partial charge in [-0.05, 0) is 18.6 Å². The molecule has 1 aromatic carbocycles. The van der Waals surface area contributed by atoms with Crippen molar-refractivity contribution in [3.8, 4) is 6.07 Å². The van der Waals surface area contributed by atoms with Crippen LogP contribution in [0, 0.1) is 17.1 Å². The topological polar surface area (TPSA) is 74.2 Å². The van der Waals surface area contributed by atoms with E-state index in [1.165, 1.54) is 25.3 Å². The molecule has 3 N–H and O–H groups in total. The van der Waals surface area contributed by atoms with Gasteiger partial charge in [-0.2, -0.15) is 5.26 Å². The molecule has 0 radical (unpaired) electrons. The van der Waals surface area contributed by atoms with Crippen LogP contribution in [0.3, 0.4) is 0 Å². The van der Waals surface area contributed by atoms with Crippen LogP contribution in [0.2, 0.25) is 0 Å². The second kappa shape index (κ2) is 11.3. The highest BCUT2D eigenvalue weighted by Crippen LogP contribution is 2.10. The summed E-state index contributed by atoms with van der Waals surface area (Å²) in [6, 6.07) is 6.23. The Kier molecular flexibility index (Phi) is 10.6. The van der Waals surface area contributed by atoms with E-state index in [0.29, 0.717) is 17.1 Å². The summed E-state index contributed by atoms with van der Waals surface area (Å²) in [4.78, 5) is 4.09. The SMILES string of the molecule is CCCCCCNC(N)=NCc1ccc(C#N)cc1F.I. The zero-order valence-electron chi connectivity index (χ0n) is 12.2. The Bertz CT molecular complexity index is 497. The van der Waals surface area contributed by atoms with Crippen molar-refractivity contribution in [2.45, 2.75) is 39.2 Å². The van der Waals surface area contributed by atoms with Crippen LogP contribution in [-0.4, -0.2) is 12.5 Å². The van der Waals surface area contributed by atoms with Gasteiger partial charge in [0, 0.05) is 12.1 Å². The zero-order chi connectivity index (χ0) is 14.8. The molecule has 0 amide bonds. The van der Waals surface area contributed by atoms with Crippen LogP contribution in [0.25, 0.3) is 0 Å². The summed E-state index contributed by atoms with van der Waals surface area (Å²) in [6.07, 6.45) is 4.63. The minimum Gasteiger partial charge on any atom is -0.370 e. The van der Waals surface area contributed by atoms with Crippen molar-refractivity contribution in [3.63, 3.8) is 0 Å². The molecule has 0 aliphatic heterocycles. The summed E-state index contributed by atoms with van der Waals surface area (Å²) in [5, 5.41) is 11.7.